The van der Waals surface area contributed by atoms with Crippen LogP contribution in [0.25, 0.3) is 0 Å². The molecule has 90 valence electrons. The Labute approximate surface area is 103 Å². The highest BCUT2D eigenvalue weighted by Gasteiger charge is 2.28. The number of nitrogens with two attached hydrogens (primary N) is 1. The largest absolute Gasteiger partial charge is 0.492 e. The predicted octanol–water partition coefficient (Wildman–Crippen LogP) is 2.80. The van der Waals surface area contributed by atoms with E-state index in [1.54, 1.807) is 13.8 Å². The molecule has 0 saturated carbocycles. The molecule has 0 unspecified atom stereocenters. The molecule has 0 saturated heterocycles. The maximum Gasteiger partial charge on any atom is 0.175 e. The molecule has 16 heavy (non-hydrogen) atoms. The summed E-state index contributed by atoms with van der Waals surface area (Å²) in [5, 5.41) is 0. The molecular formula is C11H15BrFNO2. The number of methoxy groups -OCH3 is 2. The zero-order chi connectivity index (χ0) is 12.5. The maximum absolute atomic E-state index is 13.9. The van der Waals surface area contributed by atoms with Gasteiger partial charge >= 0.3 is 0 Å². The Kier molecular flexibility index (Phi) is 3.80. The number of hydrogen-bond acceptors (Lipinski definition) is 3. The van der Waals surface area contributed by atoms with Gasteiger partial charge in [0.1, 0.15) is 5.82 Å². The molecule has 5 heteroatoms. The summed E-state index contributed by atoms with van der Waals surface area (Å²) in [7, 11) is 2.95. The number of rotatable bonds is 3. The molecular weight excluding hydrogens is 277 g/mol. The van der Waals surface area contributed by atoms with Crippen molar-refractivity contribution in [2.24, 2.45) is 5.73 Å². The van der Waals surface area contributed by atoms with Crippen molar-refractivity contribution >= 4 is 15.9 Å². The molecule has 0 aromatic heterocycles. The van der Waals surface area contributed by atoms with Crippen LogP contribution < -0.4 is 15.2 Å². The fraction of sp³-hybridized carbons (Fsp3) is 0.455. The van der Waals surface area contributed by atoms with Crippen LogP contribution in [0.2, 0.25) is 0 Å². The highest BCUT2D eigenvalue weighted by molar-refractivity contribution is 9.10. The van der Waals surface area contributed by atoms with Crippen LogP contribution in [0.4, 0.5) is 4.39 Å². The molecule has 1 aromatic carbocycles. The fourth-order valence-corrected chi connectivity index (χ4v) is 2.11. The summed E-state index contributed by atoms with van der Waals surface area (Å²) in [6, 6.07) is 1.32. The Bertz CT molecular complexity index is 402. The van der Waals surface area contributed by atoms with E-state index in [0.29, 0.717) is 21.5 Å². The molecule has 2 N–H and O–H groups in total. The lowest BCUT2D eigenvalue weighted by molar-refractivity contribution is 0.335. The van der Waals surface area contributed by atoms with Gasteiger partial charge in [0.15, 0.2) is 11.5 Å². The van der Waals surface area contributed by atoms with Crippen molar-refractivity contribution < 1.29 is 13.9 Å². The molecule has 0 radical (unpaired) electrons. The van der Waals surface area contributed by atoms with Gasteiger partial charge in [-0.2, -0.15) is 0 Å². The first-order valence-corrected chi connectivity index (χ1v) is 5.51. The third-order valence-electron chi connectivity index (χ3n) is 2.20. The lowest BCUT2D eigenvalue weighted by atomic mass is 9.93. The highest BCUT2D eigenvalue weighted by atomic mass is 79.9. The summed E-state index contributed by atoms with van der Waals surface area (Å²) < 4.78 is 24.7. The zero-order valence-electron chi connectivity index (χ0n) is 9.73. The van der Waals surface area contributed by atoms with E-state index in [1.807, 2.05) is 0 Å². The van der Waals surface area contributed by atoms with Crippen LogP contribution in [0, 0.1) is 5.82 Å². The van der Waals surface area contributed by atoms with Gasteiger partial charge in [-0.3, -0.25) is 0 Å². The van der Waals surface area contributed by atoms with E-state index in [2.05, 4.69) is 15.9 Å². The van der Waals surface area contributed by atoms with Crippen molar-refractivity contribution in [1.29, 1.82) is 0 Å². The summed E-state index contributed by atoms with van der Waals surface area (Å²) in [4.78, 5) is 0. The van der Waals surface area contributed by atoms with Crippen LogP contribution in [0.1, 0.15) is 19.4 Å². The van der Waals surface area contributed by atoms with Crippen LogP contribution in [0.5, 0.6) is 11.5 Å². The minimum atomic E-state index is -0.844. The van der Waals surface area contributed by atoms with E-state index >= 15 is 0 Å². The molecule has 1 aromatic rings. The molecule has 0 atom stereocenters. The zero-order valence-corrected chi connectivity index (χ0v) is 11.3. The third kappa shape index (κ3) is 2.30. The van der Waals surface area contributed by atoms with E-state index < -0.39 is 11.4 Å². The van der Waals surface area contributed by atoms with Crippen LogP contribution in [-0.4, -0.2) is 14.2 Å². The van der Waals surface area contributed by atoms with Gasteiger partial charge in [-0.25, -0.2) is 4.39 Å². The molecule has 0 amide bonds. The van der Waals surface area contributed by atoms with Gasteiger partial charge in [-0.1, -0.05) is 0 Å². The molecule has 1 rings (SSSR count). The summed E-state index contributed by atoms with van der Waals surface area (Å²) in [6.45, 7) is 3.42. The minimum Gasteiger partial charge on any atom is -0.492 e. The minimum absolute atomic E-state index is 0.301. The topological polar surface area (TPSA) is 44.5 Å². The molecule has 0 bridgehead atoms. The Balaban J connectivity index is 3.59. The Morgan fingerprint density at radius 1 is 1.25 bits per heavy atom. The molecule has 0 aliphatic heterocycles. The quantitative estimate of drug-likeness (QED) is 0.931. The summed E-state index contributed by atoms with van der Waals surface area (Å²) in [6.07, 6.45) is 0. The van der Waals surface area contributed by atoms with Gasteiger partial charge in [-0.05, 0) is 35.8 Å². The van der Waals surface area contributed by atoms with Crippen molar-refractivity contribution in [2.45, 2.75) is 19.4 Å². The van der Waals surface area contributed by atoms with Gasteiger partial charge in [-0.15, -0.1) is 0 Å². The monoisotopic (exact) mass is 291 g/mol. The number of hydrogen-bond donors (Lipinski definition) is 1. The molecule has 3 nitrogen and oxygen atoms in total. The standard InChI is InChI=1S/C11H15BrFNO2/c1-11(2,14)8-7(13)5-6(12)9(15-3)10(8)16-4/h5H,14H2,1-4H3. The second-order valence-electron chi connectivity index (χ2n) is 4.00. The second-order valence-corrected chi connectivity index (χ2v) is 4.86. The van der Waals surface area contributed by atoms with Crippen molar-refractivity contribution in [3.05, 3.63) is 21.9 Å². The van der Waals surface area contributed by atoms with E-state index in [1.165, 1.54) is 20.3 Å². The van der Waals surface area contributed by atoms with E-state index in [0.717, 1.165) is 0 Å². The number of benzene rings is 1. The smallest absolute Gasteiger partial charge is 0.175 e. The van der Waals surface area contributed by atoms with E-state index in [9.17, 15) is 4.39 Å². The lowest BCUT2D eigenvalue weighted by Crippen LogP contribution is -2.30. The molecule has 0 heterocycles. The summed E-state index contributed by atoms with van der Waals surface area (Å²) in [5.41, 5.74) is 5.37. The van der Waals surface area contributed by atoms with Crippen LogP contribution in [-0.2, 0) is 5.54 Å². The Morgan fingerprint density at radius 3 is 2.12 bits per heavy atom. The summed E-state index contributed by atoms with van der Waals surface area (Å²) >= 11 is 3.21. The molecule has 0 aliphatic carbocycles. The van der Waals surface area contributed by atoms with Crippen molar-refractivity contribution in [1.82, 2.24) is 0 Å². The van der Waals surface area contributed by atoms with E-state index in [4.69, 9.17) is 15.2 Å². The van der Waals surface area contributed by atoms with Gasteiger partial charge in [0.05, 0.1) is 24.3 Å². The highest BCUT2D eigenvalue weighted by Crippen LogP contribution is 2.43. The molecule has 0 fully saturated rings. The Hall–Kier alpha value is -0.810. The molecule has 0 spiro atoms. The van der Waals surface area contributed by atoms with Crippen LogP contribution in [0.3, 0.4) is 0 Å². The number of halogens is 2. The van der Waals surface area contributed by atoms with Crippen LogP contribution >= 0.6 is 15.9 Å². The first kappa shape index (κ1) is 13.3. The van der Waals surface area contributed by atoms with E-state index in [-0.39, 0.29) is 0 Å². The van der Waals surface area contributed by atoms with Gasteiger partial charge in [0.2, 0.25) is 0 Å². The number of ether oxygens (including phenoxy) is 2. The normalized spacial score (nSPS) is 11.4. The van der Waals surface area contributed by atoms with Crippen LogP contribution in [0.15, 0.2) is 10.5 Å². The SMILES string of the molecule is COc1c(Br)cc(F)c(C(C)(C)N)c1OC. The van der Waals surface area contributed by atoms with Gasteiger partial charge < -0.3 is 15.2 Å². The third-order valence-corrected chi connectivity index (χ3v) is 2.78. The van der Waals surface area contributed by atoms with Crippen molar-refractivity contribution in [3.8, 4) is 11.5 Å². The maximum atomic E-state index is 13.9. The molecule has 0 aliphatic rings. The first-order valence-electron chi connectivity index (χ1n) is 4.72. The van der Waals surface area contributed by atoms with Gasteiger partial charge in [0.25, 0.3) is 0 Å². The summed E-state index contributed by atoms with van der Waals surface area (Å²) in [5.74, 6) is 0.344. The van der Waals surface area contributed by atoms with Crippen molar-refractivity contribution in [2.75, 3.05) is 14.2 Å². The van der Waals surface area contributed by atoms with Gasteiger partial charge in [0, 0.05) is 5.54 Å². The predicted molar refractivity (Wildman–Crippen MR) is 64.4 cm³/mol. The first-order chi connectivity index (χ1) is 7.32. The second kappa shape index (κ2) is 4.59. The average Bonchev–Trinajstić information content (AvgIpc) is 2.14. The lowest BCUT2D eigenvalue weighted by Gasteiger charge is -2.24. The average molecular weight is 292 g/mol. The van der Waals surface area contributed by atoms with Crippen molar-refractivity contribution in [3.63, 3.8) is 0 Å². The Morgan fingerprint density at radius 2 is 1.75 bits per heavy atom. The fourth-order valence-electron chi connectivity index (χ4n) is 1.56.